The summed E-state index contributed by atoms with van der Waals surface area (Å²) in [5, 5.41) is 9.28. The standard InChI is InChI=1S/C20H31N3O3/c1-16(2)22-7-8-23(15-25)20(13-22)18-5-3-17(4-6-18)11-21-9-10-26-19(12-21)14-24/h3-6,15-16,19-20,24H,7-14H2,1-2H3. The SMILES string of the molecule is CC(C)N1CCN(C=O)C(c2ccc(CN3CCOC(CO)C3)cc2)C1. The van der Waals surface area contributed by atoms with Gasteiger partial charge in [-0.25, -0.2) is 0 Å². The quantitative estimate of drug-likeness (QED) is 0.769. The van der Waals surface area contributed by atoms with Crippen molar-refractivity contribution in [3.63, 3.8) is 0 Å². The highest BCUT2D eigenvalue weighted by Crippen LogP contribution is 2.26. The molecule has 1 aromatic rings. The molecule has 2 unspecified atom stereocenters. The van der Waals surface area contributed by atoms with Crippen LogP contribution >= 0.6 is 0 Å². The lowest BCUT2D eigenvalue weighted by Crippen LogP contribution is -2.50. The molecule has 144 valence electrons. The van der Waals surface area contributed by atoms with Gasteiger partial charge in [0.25, 0.3) is 0 Å². The Morgan fingerprint density at radius 2 is 1.96 bits per heavy atom. The van der Waals surface area contributed by atoms with Crippen molar-refractivity contribution in [2.24, 2.45) is 0 Å². The average molecular weight is 361 g/mol. The fraction of sp³-hybridized carbons (Fsp3) is 0.650. The molecule has 2 fully saturated rings. The van der Waals surface area contributed by atoms with Crippen LogP contribution < -0.4 is 0 Å². The molecule has 6 nitrogen and oxygen atoms in total. The van der Waals surface area contributed by atoms with Crippen molar-refractivity contribution in [3.05, 3.63) is 35.4 Å². The Kier molecular flexibility index (Phi) is 6.64. The van der Waals surface area contributed by atoms with E-state index in [9.17, 15) is 9.90 Å². The lowest BCUT2D eigenvalue weighted by molar-refractivity contribution is -0.123. The minimum Gasteiger partial charge on any atom is -0.394 e. The van der Waals surface area contributed by atoms with Crippen LogP contribution in [-0.4, -0.2) is 84.3 Å². The molecule has 1 aromatic carbocycles. The van der Waals surface area contributed by atoms with Gasteiger partial charge in [0, 0.05) is 45.3 Å². The molecular weight excluding hydrogens is 330 g/mol. The average Bonchev–Trinajstić information content (AvgIpc) is 2.68. The number of piperazine rings is 1. The lowest BCUT2D eigenvalue weighted by Gasteiger charge is -2.41. The third-order valence-corrected chi connectivity index (χ3v) is 5.52. The van der Waals surface area contributed by atoms with Gasteiger partial charge in [0.05, 0.1) is 25.4 Å². The second kappa shape index (κ2) is 8.95. The Labute approximate surface area is 156 Å². The molecule has 3 rings (SSSR count). The number of carbonyl (C=O) groups excluding carboxylic acids is 1. The zero-order valence-corrected chi connectivity index (χ0v) is 15.9. The molecule has 0 aromatic heterocycles. The molecule has 0 bridgehead atoms. The van der Waals surface area contributed by atoms with E-state index in [1.165, 1.54) is 11.1 Å². The van der Waals surface area contributed by atoms with Gasteiger partial charge < -0.3 is 14.7 Å². The summed E-state index contributed by atoms with van der Waals surface area (Å²) in [5.74, 6) is 0. The molecule has 6 heteroatoms. The van der Waals surface area contributed by atoms with Crippen molar-refractivity contribution in [3.8, 4) is 0 Å². The third kappa shape index (κ3) is 4.62. The number of aliphatic hydroxyl groups excluding tert-OH is 1. The number of rotatable bonds is 6. The van der Waals surface area contributed by atoms with Gasteiger partial charge in [-0.1, -0.05) is 24.3 Å². The molecular formula is C20H31N3O3. The van der Waals surface area contributed by atoms with Crippen LogP contribution in [0.4, 0.5) is 0 Å². The van der Waals surface area contributed by atoms with E-state index in [0.29, 0.717) is 12.6 Å². The number of amides is 1. The third-order valence-electron chi connectivity index (χ3n) is 5.52. The number of hydrogen-bond acceptors (Lipinski definition) is 5. The second-order valence-corrected chi connectivity index (χ2v) is 7.60. The molecule has 1 amide bonds. The molecule has 2 heterocycles. The normalized spacial score (nSPS) is 25.6. The molecule has 0 spiro atoms. The maximum Gasteiger partial charge on any atom is 0.210 e. The Balaban J connectivity index is 1.65. The second-order valence-electron chi connectivity index (χ2n) is 7.60. The van der Waals surface area contributed by atoms with E-state index in [-0.39, 0.29) is 18.8 Å². The van der Waals surface area contributed by atoms with Gasteiger partial charge in [0.1, 0.15) is 0 Å². The van der Waals surface area contributed by atoms with Crippen molar-refractivity contribution in [2.45, 2.75) is 38.6 Å². The van der Waals surface area contributed by atoms with Gasteiger partial charge >= 0.3 is 0 Å². The summed E-state index contributed by atoms with van der Waals surface area (Å²) in [6, 6.07) is 9.26. The number of ether oxygens (including phenoxy) is 1. The lowest BCUT2D eigenvalue weighted by atomic mass is 10.00. The van der Waals surface area contributed by atoms with Crippen LogP contribution in [0.5, 0.6) is 0 Å². The highest BCUT2D eigenvalue weighted by molar-refractivity contribution is 5.49. The van der Waals surface area contributed by atoms with E-state index in [2.05, 4.69) is 47.9 Å². The van der Waals surface area contributed by atoms with E-state index in [1.807, 2.05) is 4.90 Å². The first-order valence-corrected chi connectivity index (χ1v) is 9.59. The van der Waals surface area contributed by atoms with Crippen molar-refractivity contribution >= 4 is 6.41 Å². The molecule has 2 aliphatic heterocycles. The van der Waals surface area contributed by atoms with E-state index >= 15 is 0 Å². The number of nitrogens with zero attached hydrogens (tertiary/aromatic N) is 3. The van der Waals surface area contributed by atoms with Crippen LogP contribution in [0.3, 0.4) is 0 Å². The fourth-order valence-corrected chi connectivity index (χ4v) is 3.85. The Morgan fingerprint density at radius 1 is 1.19 bits per heavy atom. The van der Waals surface area contributed by atoms with Gasteiger partial charge in [-0.3, -0.25) is 14.6 Å². The minimum atomic E-state index is -0.0755. The van der Waals surface area contributed by atoms with Gasteiger partial charge in [-0.2, -0.15) is 0 Å². The van der Waals surface area contributed by atoms with Crippen LogP contribution in [0, 0.1) is 0 Å². The highest BCUT2D eigenvalue weighted by Gasteiger charge is 2.28. The molecule has 2 aliphatic rings. The Morgan fingerprint density at radius 3 is 2.62 bits per heavy atom. The van der Waals surface area contributed by atoms with Crippen LogP contribution in [0.15, 0.2) is 24.3 Å². The van der Waals surface area contributed by atoms with Crippen molar-refractivity contribution in [1.82, 2.24) is 14.7 Å². The van der Waals surface area contributed by atoms with Gasteiger partial charge in [-0.15, -0.1) is 0 Å². The molecule has 0 radical (unpaired) electrons. The molecule has 1 N–H and O–H groups in total. The van der Waals surface area contributed by atoms with E-state index < -0.39 is 0 Å². The minimum absolute atomic E-state index is 0.0744. The first kappa shape index (κ1) is 19.3. The highest BCUT2D eigenvalue weighted by atomic mass is 16.5. The number of morpholine rings is 1. The summed E-state index contributed by atoms with van der Waals surface area (Å²) >= 11 is 0. The number of carbonyl (C=O) groups is 1. The maximum atomic E-state index is 11.5. The van der Waals surface area contributed by atoms with Crippen LogP contribution in [0.1, 0.15) is 31.0 Å². The molecule has 2 atom stereocenters. The van der Waals surface area contributed by atoms with Crippen molar-refractivity contribution in [2.75, 3.05) is 45.9 Å². The van der Waals surface area contributed by atoms with Crippen molar-refractivity contribution in [1.29, 1.82) is 0 Å². The van der Waals surface area contributed by atoms with Crippen molar-refractivity contribution < 1.29 is 14.6 Å². The van der Waals surface area contributed by atoms with Gasteiger partial charge in [0.2, 0.25) is 6.41 Å². The van der Waals surface area contributed by atoms with E-state index in [4.69, 9.17) is 4.74 Å². The summed E-state index contributed by atoms with van der Waals surface area (Å²) in [7, 11) is 0. The molecule has 26 heavy (non-hydrogen) atoms. The summed E-state index contributed by atoms with van der Waals surface area (Å²) in [4.78, 5) is 18.1. The predicted molar refractivity (Wildman–Crippen MR) is 101 cm³/mol. The number of aliphatic hydroxyl groups is 1. The smallest absolute Gasteiger partial charge is 0.210 e. The molecule has 2 saturated heterocycles. The predicted octanol–water partition coefficient (Wildman–Crippen LogP) is 1.10. The van der Waals surface area contributed by atoms with Gasteiger partial charge in [-0.05, 0) is 25.0 Å². The zero-order chi connectivity index (χ0) is 18.5. The van der Waals surface area contributed by atoms with Crippen LogP contribution in [0.2, 0.25) is 0 Å². The zero-order valence-electron chi connectivity index (χ0n) is 15.9. The summed E-state index contributed by atoms with van der Waals surface area (Å²) in [6.07, 6.45) is 0.910. The van der Waals surface area contributed by atoms with E-state index in [0.717, 1.165) is 45.7 Å². The number of hydrogen-bond donors (Lipinski definition) is 1. The molecule has 0 saturated carbocycles. The Bertz CT molecular complexity index is 578. The first-order valence-electron chi connectivity index (χ1n) is 9.59. The summed E-state index contributed by atoms with van der Waals surface area (Å²) in [6.45, 7) is 10.3. The van der Waals surface area contributed by atoms with E-state index in [1.54, 1.807) is 0 Å². The number of benzene rings is 1. The van der Waals surface area contributed by atoms with Gasteiger partial charge in [0.15, 0.2) is 0 Å². The largest absolute Gasteiger partial charge is 0.394 e. The Hall–Kier alpha value is -1.47. The first-order chi connectivity index (χ1) is 12.6. The monoisotopic (exact) mass is 361 g/mol. The van der Waals surface area contributed by atoms with Crippen LogP contribution in [0.25, 0.3) is 0 Å². The molecule has 0 aliphatic carbocycles. The topological polar surface area (TPSA) is 56.2 Å². The fourth-order valence-electron chi connectivity index (χ4n) is 3.85. The summed E-state index contributed by atoms with van der Waals surface area (Å²) < 4.78 is 5.51. The van der Waals surface area contributed by atoms with Crippen LogP contribution in [-0.2, 0) is 16.1 Å². The summed E-state index contributed by atoms with van der Waals surface area (Å²) in [5.41, 5.74) is 2.45. The maximum absolute atomic E-state index is 11.5.